The Morgan fingerprint density at radius 1 is 1.64 bits per heavy atom. The quantitative estimate of drug-likeness (QED) is 0.787. The standard InChI is InChI=1S/C11H16O3/c1-13-10-3-2-5-11(12,7-10)9-4-6-14-8-9/h4,6,8,10,12H,2-3,5,7H2,1H3. The molecule has 3 heteroatoms. The van der Waals surface area contributed by atoms with Crippen LogP contribution in [0.5, 0.6) is 0 Å². The van der Waals surface area contributed by atoms with E-state index in [2.05, 4.69) is 0 Å². The van der Waals surface area contributed by atoms with Gasteiger partial charge in [-0.2, -0.15) is 0 Å². The van der Waals surface area contributed by atoms with Crippen molar-refractivity contribution in [3.63, 3.8) is 0 Å². The molecule has 0 radical (unpaired) electrons. The van der Waals surface area contributed by atoms with Crippen LogP contribution in [0.2, 0.25) is 0 Å². The van der Waals surface area contributed by atoms with Gasteiger partial charge in [0.15, 0.2) is 0 Å². The Balaban J connectivity index is 2.15. The summed E-state index contributed by atoms with van der Waals surface area (Å²) in [6, 6.07) is 1.83. The summed E-state index contributed by atoms with van der Waals surface area (Å²) in [5.74, 6) is 0. The Hall–Kier alpha value is -0.800. The van der Waals surface area contributed by atoms with Gasteiger partial charge in [0.05, 0.1) is 24.2 Å². The molecule has 1 aliphatic carbocycles. The molecule has 1 fully saturated rings. The Bertz CT molecular complexity index is 281. The molecule has 2 rings (SSSR count). The molecule has 0 bridgehead atoms. The van der Waals surface area contributed by atoms with Gasteiger partial charge in [0, 0.05) is 19.1 Å². The summed E-state index contributed by atoms with van der Waals surface area (Å²) < 4.78 is 10.3. The van der Waals surface area contributed by atoms with Gasteiger partial charge in [-0.05, 0) is 25.3 Å². The van der Waals surface area contributed by atoms with Crippen molar-refractivity contribution in [2.75, 3.05) is 7.11 Å². The average molecular weight is 196 g/mol. The predicted octanol–water partition coefficient (Wildman–Crippen LogP) is 2.06. The molecule has 1 aromatic heterocycles. The second-order valence-electron chi connectivity index (χ2n) is 4.00. The molecule has 2 atom stereocenters. The highest BCUT2D eigenvalue weighted by Gasteiger charge is 2.36. The van der Waals surface area contributed by atoms with Crippen LogP contribution in [0, 0.1) is 0 Å². The van der Waals surface area contributed by atoms with Crippen molar-refractivity contribution in [1.82, 2.24) is 0 Å². The number of ether oxygens (including phenoxy) is 1. The molecule has 0 aromatic carbocycles. The number of rotatable bonds is 2. The minimum absolute atomic E-state index is 0.170. The zero-order valence-corrected chi connectivity index (χ0v) is 8.40. The second-order valence-corrected chi connectivity index (χ2v) is 4.00. The first-order chi connectivity index (χ1) is 6.74. The van der Waals surface area contributed by atoms with E-state index in [0.29, 0.717) is 6.42 Å². The van der Waals surface area contributed by atoms with Crippen LogP contribution in [-0.2, 0) is 10.3 Å². The normalized spacial score (nSPS) is 33.1. The van der Waals surface area contributed by atoms with E-state index in [1.165, 1.54) is 0 Å². The van der Waals surface area contributed by atoms with Crippen molar-refractivity contribution < 1.29 is 14.3 Å². The van der Waals surface area contributed by atoms with Crippen LogP contribution in [0.15, 0.2) is 23.0 Å². The van der Waals surface area contributed by atoms with Crippen LogP contribution in [-0.4, -0.2) is 18.3 Å². The Morgan fingerprint density at radius 2 is 2.50 bits per heavy atom. The molecule has 1 aromatic rings. The fraction of sp³-hybridized carbons (Fsp3) is 0.636. The van der Waals surface area contributed by atoms with Crippen LogP contribution < -0.4 is 0 Å². The van der Waals surface area contributed by atoms with Crippen molar-refractivity contribution in [3.8, 4) is 0 Å². The first-order valence-electron chi connectivity index (χ1n) is 5.02. The minimum atomic E-state index is -0.744. The van der Waals surface area contributed by atoms with Gasteiger partial charge in [0.1, 0.15) is 0 Å². The van der Waals surface area contributed by atoms with Crippen molar-refractivity contribution in [2.24, 2.45) is 0 Å². The summed E-state index contributed by atoms with van der Waals surface area (Å²) in [4.78, 5) is 0. The number of methoxy groups -OCH3 is 1. The maximum Gasteiger partial charge on any atom is 0.0963 e. The molecule has 78 valence electrons. The van der Waals surface area contributed by atoms with Crippen LogP contribution >= 0.6 is 0 Å². The van der Waals surface area contributed by atoms with E-state index in [4.69, 9.17) is 9.15 Å². The molecule has 0 amide bonds. The highest BCUT2D eigenvalue weighted by molar-refractivity contribution is 5.17. The highest BCUT2D eigenvalue weighted by Crippen LogP contribution is 2.38. The van der Waals surface area contributed by atoms with Gasteiger partial charge in [0.2, 0.25) is 0 Å². The zero-order valence-electron chi connectivity index (χ0n) is 8.40. The molecular formula is C11H16O3. The van der Waals surface area contributed by atoms with E-state index < -0.39 is 5.60 Å². The first-order valence-corrected chi connectivity index (χ1v) is 5.02. The largest absolute Gasteiger partial charge is 0.472 e. The monoisotopic (exact) mass is 196 g/mol. The molecule has 0 aliphatic heterocycles. The molecule has 14 heavy (non-hydrogen) atoms. The molecule has 2 unspecified atom stereocenters. The summed E-state index contributed by atoms with van der Waals surface area (Å²) in [5, 5.41) is 10.4. The summed E-state index contributed by atoms with van der Waals surface area (Å²) in [7, 11) is 1.70. The molecule has 1 heterocycles. The van der Waals surface area contributed by atoms with Gasteiger partial charge in [0.25, 0.3) is 0 Å². The summed E-state index contributed by atoms with van der Waals surface area (Å²) in [6.07, 6.45) is 6.90. The zero-order chi connectivity index (χ0) is 10.0. The average Bonchev–Trinajstić information content (AvgIpc) is 2.71. The van der Waals surface area contributed by atoms with Crippen LogP contribution in [0.4, 0.5) is 0 Å². The third-order valence-corrected chi connectivity index (χ3v) is 3.07. The smallest absolute Gasteiger partial charge is 0.0963 e. The number of hydrogen-bond acceptors (Lipinski definition) is 3. The van der Waals surface area contributed by atoms with Crippen LogP contribution in [0.3, 0.4) is 0 Å². The third-order valence-electron chi connectivity index (χ3n) is 3.07. The topological polar surface area (TPSA) is 42.6 Å². The van der Waals surface area contributed by atoms with Crippen molar-refractivity contribution in [1.29, 1.82) is 0 Å². The predicted molar refractivity (Wildman–Crippen MR) is 51.9 cm³/mol. The lowest BCUT2D eigenvalue weighted by Crippen LogP contribution is -2.35. The van der Waals surface area contributed by atoms with Gasteiger partial charge in [-0.1, -0.05) is 0 Å². The van der Waals surface area contributed by atoms with E-state index in [0.717, 1.165) is 24.8 Å². The maximum atomic E-state index is 10.4. The van der Waals surface area contributed by atoms with E-state index >= 15 is 0 Å². The maximum absolute atomic E-state index is 10.4. The molecular weight excluding hydrogens is 180 g/mol. The van der Waals surface area contributed by atoms with E-state index in [-0.39, 0.29) is 6.10 Å². The molecule has 1 N–H and O–H groups in total. The number of furan rings is 1. The van der Waals surface area contributed by atoms with Gasteiger partial charge < -0.3 is 14.3 Å². The van der Waals surface area contributed by atoms with E-state index in [1.54, 1.807) is 19.6 Å². The van der Waals surface area contributed by atoms with Crippen molar-refractivity contribution >= 4 is 0 Å². The Kier molecular flexibility index (Phi) is 2.61. The fourth-order valence-corrected chi connectivity index (χ4v) is 2.20. The lowest BCUT2D eigenvalue weighted by atomic mass is 9.79. The van der Waals surface area contributed by atoms with Crippen molar-refractivity contribution in [2.45, 2.75) is 37.4 Å². The SMILES string of the molecule is COC1CCCC(O)(c2ccoc2)C1. The van der Waals surface area contributed by atoms with Crippen LogP contribution in [0.1, 0.15) is 31.2 Å². The molecule has 3 nitrogen and oxygen atoms in total. The summed E-state index contributed by atoms with van der Waals surface area (Å²) >= 11 is 0. The van der Waals surface area contributed by atoms with Gasteiger partial charge in [-0.3, -0.25) is 0 Å². The molecule has 0 saturated heterocycles. The first kappa shape index (κ1) is 9.74. The Morgan fingerprint density at radius 3 is 3.14 bits per heavy atom. The van der Waals surface area contributed by atoms with E-state index in [9.17, 15) is 5.11 Å². The lowest BCUT2D eigenvalue weighted by Gasteiger charge is -2.35. The fourth-order valence-electron chi connectivity index (χ4n) is 2.20. The van der Waals surface area contributed by atoms with Gasteiger partial charge in [-0.15, -0.1) is 0 Å². The summed E-state index contributed by atoms with van der Waals surface area (Å²) in [6.45, 7) is 0. The van der Waals surface area contributed by atoms with E-state index in [1.807, 2.05) is 6.07 Å². The van der Waals surface area contributed by atoms with Crippen molar-refractivity contribution in [3.05, 3.63) is 24.2 Å². The summed E-state index contributed by atoms with van der Waals surface area (Å²) in [5.41, 5.74) is 0.130. The second kappa shape index (κ2) is 3.75. The third kappa shape index (κ3) is 1.70. The number of aliphatic hydroxyl groups is 1. The van der Waals surface area contributed by atoms with Crippen LogP contribution in [0.25, 0.3) is 0 Å². The van der Waals surface area contributed by atoms with Gasteiger partial charge in [-0.25, -0.2) is 0 Å². The molecule has 0 spiro atoms. The molecule has 1 saturated carbocycles. The molecule has 1 aliphatic rings. The highest BCUT2D eigenvalue weighted by atomic mass is 16.5. The minimum Gasteiger partial charge on any atom is -0.472 e. The Labute approximate surface area is 83.7 Å². The number of hydrogen-bond donors (Lipinski definition) is 1. The lowest BCUT2D eigenvalue weighted by molar-refractivity contribution is -0.0634. The van der Waals surface area contributed by atoms with Gasteiger partial charge >= 0.3 is 0 Å².